The summed E-state index contributed by atoms with van der Waals surface area (Å²) in [4.78, 5) is 8.40. The highest BCUT2D eigenvalue weighted by Crippen LogP contribution is 2.16. The van der Waals surface area contributed by atoms with Crippen molar-refractivity contribution in [2.24, 2.45) is 0 Å². The first-order chi connectivity index (χ1) is 7.17. The van der Waals surface area contributed by atoms with Crippen molar-refractivity contribution in [3.63, 3.8) is 0 Å². The number of ether oxygens (including phenoxy) is 2. The zero-order valence-corrected chi connectivity index (χ0v) is 9.91. The van der Waals surface area contributed by atoms with Crippen LogP contribution in [0.2, 0.25) is 5.15 Å². The first-order valence-electron chi connectivity index (χ1n) is 4.81. The largest absolute Gasteiger partial charge is 0.378 e. The van der Waals surface area contributed by atoms with E-state index in [1.165, 1.54) is 0 Å². The predicted molar refractivity (Wildman–Crippen MR) is 57.8 cm³/mol. The van der Waals surface area contributed by atoms with Crippen LogP contribution in [0.1, 0.15) is 31.5 Å². The average Bonchev–Trinajstić information content (AvgIpc) is 2.17. The smallest absolute Gasteiger partial charge is 0.158 e. The number of hydrogen-bond acceptors (Lipinski definition) is 4. The molecule has 84 valence electrons. The fourth-order valence-electron chi connectivity index (χ4n) is 1.21. The van der Waals surface area contributed by atoms with E-state index in [2.05, 4.69) is 9.97 Å². The summed E-state index contributed by atoms with van der Waals surface area (Å²) in [5.41, 5.74) is 0.763. The molecule has 0 fully saturated rings. The zero-order chi connectivity index (χ0) is 11.3. The third-order valence-corrected chi connectivity index (χ3v) is 2.03. The van der Waals surface area contributed by atoms with E-state index >= 15 is 0 Å². The van der Waals surface area contributed by atoms with Crippen molar-refractivity contribution in [3.8, 4) is 0 Å². The number of hydrogen-bond donors (Lipinski definition) is 0. The first kappa shape index (κ1) is 12.4. The zero-order valence-electron chi connectivity index (χ0n) is 9.16. The summed E-state index contributed by atoms with van der Waals surface area (Å²) < 4.78 is 10.4. The Kier molecular flexibility index (Phi) is 4.94. The predicted octanol–water partition coefficient (Wildman–Crippen LogP) is 2.37. The summed E-state index contributed by atoms with van der Waals surface area (Å²) in [7, 11) is 1.61. The normalized spacial score (nSPS) is 12.8. The highest BCUT2D eigenvalue weighted by molar-refractivity contribution is 6.29. The molecule has 4 nitrogen and oxygen atoms in total. The van der Waals surface area contributed by atoms with Gasteiger partial charge in [0.1, 0.15) is 11.3 Å². The molecule has 1 rings (SSSR count). The first-order valence-corrected chi connectivity index (χ1v) is 5.19. The Morgan fingerprint density at radius 3 is 2.80 bits per heavy atom. The molecule has 0 radical (unpaired) electrons. The molecule has 0 N–H and O–H groups in total. The van der Waals surface area contributed by atoms with Crippen molar-refractivity contribution in [2.75, 3.05) is 13.7 Å². The standard InChI is InChI=1S/C10H15ClN2O2/c1-4-15-7(2)10-12-8(6-14-3)5-9(11)13-10/h5,7H,4,6H2,1-3H3. The van der Waals surface area contributed by atoms with Crippen LogP contribution < -0.4 is 0 Å². The Labute approximate surface area is 94.6 Å². The lowest BCUT2D eigenvalue weighted by atomic mass is 10.3. The van der Waals surface area contributed by atoms with Gasteiger partial charge in [0.15, 0.2) is 5.82 Å². The van der Waals surface area contributed by atoms with Gasteiger partial charge >= 0.3 is 0 Å². The summed E-state index contributed by atoms with van der Waals surface area (Å²) in [6.07, 6.45) is -0.149. The van der Waals surface area contributed by atoms with E-state index in [1.54, 1.807) is 13.2 Å². The van der Waals surface area contributed by atoms with Gasteiger partial charge in [0.25, 0.3) is 0 Å². The van der Waals surface area contributed by atoms with Crippen molar-refractivity contribution in [3.05, 3.63) is 22.7 Å². The Morgan fingerprint density at radius 1 is 1.47 bits per heavy atom. The van der Waals surface area contributed by atoms with Gasteiger partial charge in [0.05, 0.1) is 12.3 Å². The van der Waals surface area contributed by atoms with Gasteiger partial charge in [-0.1, -0.05) is 11.6 Å². The molecule has 0 bridgehead atoms. The van der Waals surface area contributed by atoms with Crippen molar-refractivity contribution in [1.29, 1.82) is 0 Å². The molecule has 1 heterocycles. The Bertz CT molecular complexity index is 320. The molecule has 0 spiro atoms. The lowest BCUT2D eigenvalue weighted by Gasteiger charge is -2.11. The molecule has 0 saturated heterocycles. The van der Waals surface area contributed by atoms with Crippen LogP contribution in [0.15, 0.2) is 6.07 Å². The van der Waals surface area contributed by atoms with E-state index < -0.39 is 0 Å². The molecular weight excluding hydrogens is 216 g/mol. The second-order valence-corrected chi connectivity index (χ2v) is 3.46. The Morgan fingerprint density at radius 2 is 2.20 bits per heavy atom. The van der Waals surface area contributed by atoms with Gasteiger partial charge in [-0.05, 0) is 19.9 Å². The fraction of sp³-hybridized carbons (Fsp3) is 0.600. The second-order valence-electron chi connectivity index (χ2n) is 3.07. The number of methoxy groups -OCH3 is 1. The Hall–Kier alpha value is -0.710. The highest BCUT2D eigenvalue weighted by atomic mass is 35.5. The average molecular weight is 231 g/mol. The van der Waals surface area contributed by atoms with Crippen LogP contribution in [0, 0.1) is 0 Å². The van der Waals surface area contributed by atoms with E-state index in [1.807, 2.05) is 13.8 Å². The maximum Gasteiger partial charge on any atom is 0.158 e. The molecular formula is C10H15ClN2O2. The molecule has 5 heteroatoms. The summed E-state index contributed by atoms with van der Waals surface area (Å²) >= 11 is 5.87. The van der Waals surface area contributed by atoms with Crippen LogP contribution in [0.4, 0.5) is 0 Å². The van der Waals surface area contributed by atoms with Gasteiger partial charge in [-0.2, -0.15) is 0 Å². The maximum atomic E-state index is 5.87. The quantitative estimate of drug-likeness (QED) is 0.729. The molecule has 1 atom stereocenters. The number of aromatic nitrogens is 2. The molecule has 0 aliphatic heterocycles. The van der Waals surface area contributed by atoms with Crippen molar-refractivity contribution >= 4 is 11.6 Å². The van der Waals surface area contributed by atoms with Crippen molar-refractivity contribution in [2.45, 2.75) is 26.6 Å². The molecule has 1 aromatic rings. The molecule has 1 aromatic heterocycles. The topological polar surface area (TPSA) is 44.2 Å². The van der Waals surface area contributed by atoms with E-state index in [-0.39, 0.29) is 6.10 Å². The SMILES string of the molecule is CCOC(C)c1nc(Cl)cc(COC)n1. The summed E-state index contributed by atoms with van der Waals surface area (Å²) in [5.74, 6) is 0.594. The van der Waals surface area contributed by atoms with Crippen LogP contribution in [-0.4, -0.2) is 23.7 Å². The van der Waals surface area contributed by atoms with Gasteiger partial charge < -0.3 is 9.47 Å². The minimum atomic E-state index is -0.149. The van der Waals surface area contributed by atoms with Gasteiger partial charge in [0, 0.05) is 13.7 Å². The summed E-state index contributed by atoms with van der Waals surface area (Å²) in [5, 5.41) is 0.415. The summed E-state index contributed by atoms with van der Waals surface area (Å²) in [6.45, 7) is 4.87. The third-order valence-electron chi connectivity index (χ3n) is 1.84. The lowest BCUT2D eigenvalue weighted by molar-refractivity contribution is 0.0694. The van der Waals surface area contributed by atoms with E-state index in [9.17, 15) is 0 Å². The molecule has 1 unspecified atom stereocenters. The third kappa shape index (κ3) is 3.74. The fourth-order valence-corrected chi connectivity index (χ4v) is 1.42. The minimum Gasteiger partial charge on any atom is -0.378 e. The monoisotopic (exact) mass is 230 g/mol. The number of nitrogens with zero attached hydrogens (tertiary/aromatic N) is 2. The van der Waals surface area contributed by atoms with Gasteiger partial charge in [-0.3, -0.25) is 0 Å². The summed E-state index contributed by atoms with van der Waals surface area (Å²) in [6, 6.07) is 1.69. The van der Waals surface area contributed by atoms with Gasteiger partial charge in [-0.25, -0.2) is 9.97 Å². The van der Waals surface area contributed by atoms with Crippen LogP contribution in [0.25, 0.3) is 0 Å². The lowest BCUT2D eigenvalue weighted by Crippen LogP contribution is -2.07. The Balaban J connectivity index is 2.87. The highest BCUT2D eigenvalue weighted by Gasteiger charge is 2.10. The molecule has 0 saturated carbocycles. The number of rotatable bonds is 5. The minimum absolute atomic E-state index is 0.149. The van der Waals surface area contributed by atoms with Crippen molar-refractivity contribution in [1.82, 2.24) is 9.97 Å². The van der Waals surface area contributed by atoms with Crippen molar-refractivity contribution < 1.29 is 9.47 Å². The van der Waals surface area contributed by atoms with Gasteiger partial charge in [0.2, 0.25) is 0 Å². The molecule has 0 aliphatic rings. The molecule has 0 amide bonds. The molecule has 0 aromatic carbocycles. The maximum absolute atomic E-state index is 5.87. The van der Waals surface area contributed by atoms with E-state index in [0.717, 1.165) is 5.69 Å². The van der Waals surface area contributed by atoms with E-state index in [4.69, 9.17) is 21.1 Å². The van der Waals surface area contributed by atoms with Gasteiger partial charge in [-0.15, -0.1) is 0 Å². The number of halogens is 1. The van der Waals surface area contributed by atoms with Crippen LogP contribution in [0.5, 0.6) is 0 Å². The van der Waals surface area contributed by atoms with E-state index in [0.29, 0.717) is 24.2 Å². The molecule has 15 heavy (non-hydrogen) atoms. The van der Waals surface area contributed by atoms with Crippen LogP contribution in [0.3, 0.4) is 0 Å². The van der Waals surface area contributed by atoms with Crippen LogP contribution in [-0.2, 0) is 16.1 Å². The molecule has 0 aliphatic carbocycles. The van der Waals surface area contributed by atoms with Crippen LogP contribution >= 0.6 is 11.6 Å². The second kappa shape index (κ2) is 6.00.